The minimum atomic E-state index is -0.138. The molecule has 2 rings (SSSR count). The van der Waals surface area contributed by atoms with E-state index in [1.807, 2.05) is 12.1 Å². The Bertz CT molecular complexity index is 412. The maximum absolute atomic E-state index is 13.1. The second kappa shape index (κ2) is 7.40. The van der Waals surface area contributed by atoms with Crippen molar-refractivity contribution in [3.63, 3.8) is 0 Å². The molecule has 0 saturated heterocycles. The van der Waals surface area contributed by atoms with Gasteiger partial charge in [-0.1, -0.05) is 44.2 Å². The lowest BCUT2D eigenvalue weighted by Crippen LogP contribution is -2.41. The first kappa shape index (κ1) is 16.5. The van der Waals surface area contributed by atoms with Crippen LogP contribution in [0.5, 0.6) is 0 Å². The van der Waals surface area contributed by atoms with Crippen molar-refractivity contribution in [3.05, 3.63) is 35.6 Å². The van der Waals surface area contributed by atoms with Gasteiger partial charge in [0.2, 0.25) is 0 Å². The van der Waals surface area contributed by atoms with Crippen LogP contribution in [0.1, 0.15) is 58.4 Å². The number of rotatable bonds is 5. The van der Waals surface area contributed by atoms with E-state index in [1.54, 1.807) is 12.1 Å². The van der Waals surface area contributed by atoms with Crippen molar-refractivity contribution in [2.45, 2.75) is 64.8 Å². The van der Waals surface area contributed by atoms with Crippen molar-refractivity contribution in [2.75, 3.05) is 6.54 Å². The quantitative estimate of drug-likeness (QED) is 0.809. The molecule has 118 valence electrons. The SMILES string of the molecule is CC(C)(C)NCC(Cc1ccc(F)cc1)C1CCCCC1. The standard InChI is InChI=1S/C19H30FN/c1-19(2,3)21-14-17(16-7-5-4-6-8-16)13-15-9-11-18(20)12-10-15/h9-12,16-17,21H,4-8,13-14H2,1-3H3. The lowest BCUT2D eigenvalue weighted by Gasteiger charge is -2.33. The molecular weight excluding hydrogens is 261 g/mol. The van der Waals surface area contributed by atoms with Crippen molar-refractivity contribution >= 4 is 0 Å². The van der Waals surface area contributed by atoms with Gasteiger partial charge in [-0.2, -0.15) is 0 Å². The van der Waals surface area contributed by atoms with Gasteiger partial charge in [-0.25, -0.2) is 4.39 Å². The molecule has 1 atom stereocenters. The highest BCUT2D eigenvalue weighted by Gasteiger charge is 2.25. The third kappa shape index (κ3) is 5.78. The minimum absolute atomic E-state index is 0.138. The lowest BCUT2D eigenvalue weighted by atomic mass is 9.77. The molecule has 21 heavy (non-hydrogen) atoms. The largest absolute Gasteiger partial charge is 0.312 e. The molecule has 2 heteroatoms. The Morgan fingerprint density at radius 2 is 1.71 bits per heavy atom. The van der Waals surface area contributed by atoms with E-state index in [2.05, 4.69) is 26.1 Å². The van der Waals surface area contributed by atoms with Gasteiger partial charge in [-0.15, -0.1) is 0 Å². The molecule has 1 fully saturated rings. The van der Waals surface area contributed by atoms with Crippen LogP contribution in [-0.4, -0.2) is 12.1 Å². The summed E-state index contributed by atoms with van der Waals surface area (Å²) in [7, 11) is 0. The smallest absolute Gasteiger partial charge is 0.123 e. The van der Waals surface area contributed by atoms with Crippen LogP contribution < -0.4 is 5.32 Å². The molecular formula is C19H30FN. The molecule has 1 nitrogen and oxygen atoms in total. The highest BCUT2D eigenvalue weighted by molar-refractivity contribution is 5.17. The lowest BCUT2D eigenvalue weighted by molar-refractivity contribution is 0.225. The average molecular weight is 291 g/mol. The first-order valence-electron chi connectivity index (χ1n) is 8.43. The van der Waals surface area contributed by atoms with E-state index < -0.39 is 0 Å². The van der Waals surface area contributed by atoms with E-state index >= 15 is 0 Å². The van der Waals surface area contributed by atoms with Crippen LogP contribution in [-0.2, 0) is 6.42 Å². The number of halogens is 1. The van der Waals surface area contributed by atoms with E-state index in [4.69, 9.17) is 0 Å². The van der Waals surface area contributed by atoms with Crippen LogP contribution in [0.3, 0.4) is 0 Å². The average Bonchev–Trinajstić information content (AvgIpc) is 2.45. The molecule has 1 aromatic rings. The Morgan fingerprint density at radius 1 is 1.10 bits per heavy atom. The number of benzene rings is 1. The molecule has 1 aliphatic rings. The monoisotopic (exact) mass is 291 g/mol. The Hall–Kier alpha value is -0.890. The molecule has 0 radical (unpaired) electrons. The maximum Gasteiger partial charge on any atom is 0.123 e. The highest BCUT2D eigenvalue weighted by atomic mass is 19.1. The van der Waals surface area contributed by atoms with Crippen LogP contribution in [0, 0.1) is 17.7 Å². The third-order valence-electron chi connectivity index (χ3n) is 4.62. The van der Waals surface area contributed by atoms with Crippen LogP contribution in [0.25, 0.3) is 0 Å². The summed E-state index contributed by atoms with van der Waals surface area (Å²) in [6.45, 7) is 7.74. The molecule has 1 aromatic carbocycles. The molecule has 0 bridgehead atoms. The molecule has 1 aliphatic carbocycles. The van der Waals surface area contributed by atoms with E-state index in [9.17, 15) is 4.39 Å². The van der Waals surface area contributed by atoms with Crippen LogP contribution in [0.15, 0.2) is 24.3 Å². The summed E-state index contributed by atoms with van der Waals surface area (Å²) in [5, 5.41) is 3.68. The fourth-order valence-corrected chi connectivity index (χ4v) is 3.37. The summed E-state index contributed by atoms with van der Waals surface area (Å²) in [5.41, 5.74) is 1.43. The summed E-state index contributed by atoms with van der Waals surface area (Å²) in [5.74, 6) is 1.34. The van der Waals surface area contributed by atoms with Gasteiger partial charge in [0.1, 0.15) is 5.82 Å². The predicted molar refractivity (Wildman–Crippen MR) is 87.9 cm³/mol. The van der Waals surface area contributed by atoms with Gasteiger partial charge in [-0.05, 0) is 63.3 Å². The summed E-state index contributed by atoms with van der Waals surface area (Å²) in [6, 6.07) is 7.07. The second-order valence-electron chi connectivity index (χ2n) is 7.62. The molecule has 0 spiro atoms. The number of hydrogen-bond acceptors (Lipinski definition) is 1. The van der Waals surface area contributed by atoms with Gasteiger partial charge in [0.05, 0.1) is 0 Å². The highest BCUT2D eigenvalue weighted by Crippen LogP contribution is 2.32. The van der Waals surface area contributed by atoms with Crippen LogP contribution in [0.2, 0.25) is 0 Å². The fourth-order valence-electron chi connectivity index (χ4n) is 3.37. The van der Waals surface area contributed by atoms with Crippen LogP contribution in [0.4, 0.5) is 4.39 Å². The summed E-state index contributed by atoms with van der Waals surface area (Å²) < 4.78 is 13.1. The zero-order chi connectivity index (χ0) is 15.3. The van der Waals surface area contributed by atoms with Gasteiger partial charge in [0, 0.05) is 5.54 Å². The number of hydrogen-bond donors (Lipinski definition) is 1. The van der Waals surface area contributed by atoms with Gasteiger partial charge in [0.15, 0.2) is 0 Å². The van der Waals surface area contributed by atoms with Gasteiger partial charge in [0.25, 0.3) is 0 Å². The van der Waals surface area contributed by atoms with Crippen molar-refractivity contribution in [3.8, 4) is 0 Å². The zero-order valence-electron chi connectivity index (χ0n) is 13.8. The first-order chi connectivity index (χ1) is 9.94. The van der Waals surface area contributed by atoms with E-state index in [-0.39, 0.29) is 11.4 Å². The molecule has 1 unspecified atom stereocenters. The Balaban J connectivity index is 2.01. The van der Waals surface area contributed by atoms with Gasteiger partial charge >= 0.3 is 0 Å². The second-order valence-corrected chi connectivity index (χ2v) is 7.62. The van der Waals surface area contributed by atoms with Crippen molar-refractivity contribution in [2.24, 2.45) is 11.8 Å². The Kier molecular flexibility index (Phi) is 5.80. The number of nitrogens with one attached hydrogen (secondary N) is 1. The molecule has 0 heterocycles. The summed E-state index contributed by atoms with van der Waals surface area (Å²) in [4.78, 5) is 0. The Morgan fingerprint density at radius 3 is 2.29 bits per heavy atom. The topological polar surface area (TPSA) is 12.0 Å². The molecule has 1 saturated carbocycles. The predicted octanol–water partition coefficient (Wildman–Crippen LogP) is 4.95. The van der Waals surface area contributed by atoms with Crippen molar-refractivity contribution in [1.82, 2.24) is 5.32 Å². The minimum Gasteiger partial charge on any atom is -0.312 e. The zero-order valence-corrected chi connectivity index (χ0v) is 13.8. The maximum atomic E-state index is 13.1. The Labute approximate surface area is 129 Å². The van der Waals surface area contributed by atoms with Gasteiger partial charge < -0.3 is 5.32 Å². The molecule has 0 aromatic heterocycles. The molecule has 0 amide bonds. The van der Waals surface area contributed by atoms with E-state index in [0.29, 0.717) is 5.92 Å². The van der Waals surface area contributed by atoms with Crippen molar-refractivity contribution in [1.29, 1.82) is 0 Å². The van der Waals surface area contributed by atoms with Crippen molar-refractivity contribution < 1.29 is 4.39 Å². The summed E-state index contributed by atoms with van der Waals surface area (Å²) >= 11 is 0. The van der Waals surface area contributed by atoms with Gasteiger partial charge in [-0.3, -0.25) is 0 Å². The van der Waals surface area contributed by atoms with Crippen LogP contribution >= 0.6 is 0 Å². The fraction of sp³-hybridized carbons (Fsp3) is 0.684. The van der Waals surface area contributed by atoms with E-state index in [1.165, 1.54) is 37.7 Å². The first-order valence-corrected chi connectivity index (χ1v) is 8.43. The molecule has 0 aliphatic heterocycles. The van der Waals surface area contributed by atoms with E-state index in [0.717, 1.165) is 18.9 Å². The third-order valence-corrected chi connectivity index (χ3v) is 4.62. The molecule has 1 N–H and O–H groups in total. The summed E-state index contributed by atoms with van der Waals surface area (Å²) in [6.07, 6.45) is 7.93. The normalized spacial score (nSPS) is 18.7.